The number of hydrogen-bond donors (Lipinski definition) is 2. The molecule has 7 heteroatoms. The third-order valence-electron chi connectivity index (χ3n) is 2.38. The monoisotopic (exact) mass is 287 g/mol. The van der Waals surface area contributed by atoms with Crippen LogP contribution in [0, 0.1) is 0 Å². The third-order valence-corrected chi connectivity index (χ3v) is 2.98. The molecule has 0 spiro atoms. The lowest BCUT2D eigenvalue weighted by Gasteiger charge is -2.11. The van der Waals surface area contributed by atoms with Crippen LogP contribution in [0.2, 0.25) is 10.0 Å². The minimum atomic E-state index is -0.485. The number of methoxy groups -OCH3 is 1. The number of rotatable bonds is 2. The summed E-state index contributed by atoms with van der Waals surface area (Å²) in [5.74, 6) is 0.131. The van der Waals surface area contributed by atoms with E-state index in [1.165, 1.54) is 19.2 Å². The lowest BCUT2D eigenvalue weighted by Crippen LogP contribution is -2.26. The van der Waals surface area contributed by atoms with Crippen LogP contribution in [0.3, 0.4) is 0 Å². The molecule has 18 heavy (non-hydrogen) atoms. The lowest BCUT2D eigenvalue weighted by molar-refractivity contribution is 0.0601. The van der Waals surface area contributed by atoms with Gasteiger partial charge in [-0.3, -0.25) is 4.99 Å². The third kappa shape index (κ3) is 2.68. The van der Waals surface area contributed by atoms with Crippen molar-refractivity contribution in [3.8, 4) is 0 Å². The smallest absolute Gasteiger partial charge is 0.337 e. The van der Waals surface area contributed by atoms with E-state index in [2.05, 4.69) is 20.4 Å². The number of carbonyl (C=O) groups excluding carboxylic acids is 1. The van der Waals surface area contributed by atoms with Gasteiger partial charge in [-0.05, 0) is 12.1 Å². The van der Waals surface area contributed by atoms with Gasteiger partial charge in [0, 0.05) is 6.54 Å². The molecule has 0 aliphatic carbocycles. The molecule has 1 aromatic carbocycles. The summed E-state index contributed by atoms with van der Waals surface area (Å²) in [5, 5.41) is 6.69. The molecule has 1 aliphatic rings. The lowest BCUT2D eigenvalue weighted by atomic mass is 10.2. The normalized spacial score (nSPS) is 13.8. The van der Waals surface area contributed by atoms with E-state index in [-0.39, 0.29) is 0 Å². The molecule has 0 atom stereocenters. The van der Waals surface area contributed by atoms with Crippen LogP contribution in [-0.4, -0.2) is 32.1 Å². The highest BCUT2D eigenvalue weighted by Gasteiger charge is 2.15. The summed E-state index contributed by atoms with van der Waals surface area (Å²) in [5.41, 5.74) is 0.818. The van der Waals surface area contributed by atoms with E-state index >= 15 is 0 Å². The van der Waals surface area contributed by atoms with Gasteiger partial charge in [0.15, 0.2) is 5.96 Å². The Labute approximate surface area is 114 Å². The number of aliphatic imine (C=N–C) groups is 1. The summed E-state index contributed by atoms with van der Waals surface area (Å²) < 4.78 is 4.61. The number of guanidine groups is 1. The molecule has 2 N–H and O–H groups in total. The van der Waals surface area contributed by atoms with Crippen LogP contribution in [0.1, 0.15) is 10.4 Å². The van der Waals surface area contributed by atoms with Crippen molar-refractivity contribution in [2.45, 2.75) is 0 Å². The van der Waals surface area contributed by atoms with E-state index in [1.54, 1.807) is 0 Å². The molecule has 0 unspecified atom stereocenters. The molecule has 0 fully saturated rings. The van der Waals surface area contributed by atoms with Crippen LogP contribution < -0.4 is 10.6 Å². The Balaban J connectivity index is 2.28. The molecule has 1 heterocycles. The van der Waals surface area contributed by atoms with Gasteiger partial charge in [-0.1, -0.05) is 23.2 Å². The molecular weight excluding hydrogens is 277 g/mol. The summed E-state index contributed by atoms with van der Waals surface area (Å²) in [6.45, 7) is 1.48. The maximum absolute atomic E-state index is 11.4. The highest BCUT2D eigenvalue weighted by atomic mass is 35.5. The molecule has 0 amide bonds. The van der Waals surface area contributed by atoms with E-state index in [0.717, 1.165) is 6.54 Å². The van der Waals surface area contributed by atoms with Crippen LogP contribution in [0.15, 0.2) is 17.1 Å². The van der Waals surface area contributed by atoms with Crippen LogP contribution in [0.4, 0.5) is 5.69 Å². The number of halogens is 2. The van der Waals surface area contributed by atoms with Crippen molar-refractivity contribution in [1.82, 2.24) is 5.32 Å². The summed E-state index contributed by atoms with van der Waals surface area (Å²) >= 11 is 12.2. The maximum Gasteiger partial charge on any atom is 0.337 e. The zero-order chi connectivity index (χ0) is 13.1. The van der Waals surface area contributed by atoms with E-state index in [9.17, 15) is 4.79 Å². The molecule has 0 aromatic heterocycles. The zero-order valence-corrected chi connectivity index (χ0v) is 11.1. The van der Waals surface area contributed by atoms with Gasteiger partial charge in [-0.15, -0.1) is 0 Å². The summed E-state index contributed by atoms with van der Waals surface area (Å²) in [7, 11) is 1.30. The van der Waals surface area contributed by atoms with Gasteiger partial charge in [0.2, 0.25) is 0 Å². The van der Waals surface area contributed by atoms with E-state index in [4.69, 9.17) is 23.2 Å². The SMILES string of the molecule is COC(=O)c1cc(Cl)c(NC2=NCCN2)c(Cl)c1. The highest BCUT2D eigenvalue weighted by molar-refractivity contribution is 6.40. The van der Waals surface area contributed by atoms with Crippen LogP contribution in [0.5, 0.6) is 0 Å². The van der Waals surface area contributed by atoms with Crippen molar-refractivity contribution in [3.05, 3.63) is 27.7 Å². The number of esters is 1. The van der Waals surface area contributed by atoms with Crippen molar-refractivity contribution in [1.29, 1.82) is 0 Å². The van der Waals surface area contributed by atoms with Gasteiger partial charge < -0.3 is 15.4 Å². The first kappa shape index (κ1) is 13.0. The predicted octanol–water partition coefficient (Wildman–Crippen LogP) is 2.15. The van der Waals surface area contributed by atoms with E-state index < -0.39 is 5.97 Å². The predicted molar refractivity (Wildman–Crippen MR) is 71.7 cm³/mol. The Bertz CT molecular complexity index is 494. The Kier molecular flexibility index (Phi) is 3.93. The molecule has 0 saturated heterocycles. The second kappa shape index (κ2) is 5.46. The fourth-order valence-electron chi connectivity index (χ4n) is 1.53. The zero-order valence-electron chi connectivity index (χ0n) is 9.59. The Morgan fingerprint density at radius 3 is 2.61 bits per heavy atom. The van der Waals surface area contributed by atoms with Gasteiger partial charge in [0.1, 0.15) is 0 Å². The van der Waals surface area contributed by atoms with Crippen molar-refractivity contribution >= 4 is 40.8 Å². The second-order valence-corrected chi connectivity index (χ2v) is 4.40. The number of benzene rings is 1. The fraction of sp³-hybridized carbons (Fsp3) is 0.273. The van der Waals surface area contributed by atoms with Gasteiger partial charge in [-0.2, -0.15) is 0 Å². The van der Waals surface area contributed by atoms with Crippen LogP contribution in [0.25, 0.3) is 0 Å². The number of hydrogen-bond acceptors (Lipinski definition) is 5. The first-order valence-corrected chi connectivity index (χ1v) is 6.00. The second-order valence-electron chi connectivity index (χ2n) is 3.59. The number of nitrogens with one attached hydrogen (secondary N) is 2. The Morgan fingerprint density at radius 2 is 2.11 bits per heavy atom. The van der Waals surface area contributed by atoms with Crippen LogP contribution in [-0.2, 0) is 4.74 Å². The van der Waals surface area contributed by atoms with Crippen molar-refractivity contribution < 1.29 is 9.53 Å². The molecule has 1 aliphatic heterocycles. The van der Waals surface area contributed by atoms with Crippen LogP contribution >= 0.6 is 23.2 Å². The fourth-order valence-corrected chi connectivity index (χ4v) is 2.11. The minimum Gasteiger partial charge on any atom is -0.465 e. The quantitative estimate of drug-likeness (QED) is 0.819. The summed E-state index contributed by atoms with van der Waals surface area (Å²) in [4.78, 5) is 15.6. The minimum absolute atomic E-state index is 0.305. The van der Waals surface area contributed by atoms with Gasteiger partial charge >= 0.3 is 5.97 Å². The average molecular weight is 288 g/mol. The van der Waals surface area contributed by atoms with E-state index in [0.29, 0.717) is 33.8 Å². The molecular formula is C11H11Cl2N3O2. The Morgan fingerprint density at radius 1 is 1.44 bits per heavy atom. The molecule has 2 rings (SSSR count). The molecule has 0 saturated carbocycles. The Hall–Kier alpha value is -1.46. The summed E-state index contributed by atoms with van der Waals surface area (Å²) in [6.07, 6.45) is 0. The maximum atomic E-state index is 11.4. The van der Waals surface area contributed by atoms with Crippen molar-refractivity contribution in [2.24, 2.45) is 4.99 Å². The highest BCUT2D eigenvalue weighted by Crippen LogP contribution is 2.32. The molecule has 0 bridgehead atoms. The average Bonchev–Trinajstić information content (AvgIpc) is 2.85. The first-order chi connectivity index (χ1) is 8.61. The number of ether oxygens (including phenoxy) is 1. The molecule has 96 valence electrons. The summed E-state index contributed by atoms with van der Waals surface area (Å²) in [6, 6.07) is 2.99. The number of anilines is 1. The molecule has 5 nitrogen and oxygen atoms in total. The standard InChI is InChI=1S/C11H11Cl2N3O2/c1-18-10(17)6-4-7(12)9(8(13)5-6)16-11-14-2-3-15-11/h4-5H,2-3H2,1H3,(H2,14,15,16). The molecule has 1 aromatic rings. The van der Waals surface area contributed by atoms with E-state index in [1.807, 2.05) is 0 Å². The van der Waals surface area contributed by atoms with Crippen molar-refractivity contribution in [3.63, 3.8) is 0 Å². The van der Waals surface area contributed by atoms with Crippen molar-refractivity contribution in [2.75, 3.05) is 25.5 Å². The largest absolute Gasteiger partial charge is 0.465 e. The molecule has 0 radical (unpaired) electrons. The van der Waals surface area contributed by atoms with Gasteiger partial charge in [0.25, 0.3) is 0 Å². The van der Waals surface area contributed by atoms with Gasteiger partial charge in [0.05, 0.1) is 35.0 Å². The van der Waals surface area contributed by atoms with Gasteiger partial charge in [-0.25, -0.2) is 4.79 Å². The topological polar surface area (TPSA) is 62.7 Å². The first-order valence-electron chi connectivity index (χ1n) is 5.24. The number of carbonyl (C=O) groups is 1. The number of nitrogens with zero attached hydrogens (tertiary/aromatic N) is 1.